The molecule has 0 radical (unpaired) electrons. The highest BCUT2D eigenvalue weighted by Crippen LogP contribution is 2.26. The minimum absolute atomic E-state index is 0.180. The van der Waals surface area contributed by atoms with Crippen molar-refractivity contribution in [2.75, 3.05) is 11.1 Å². The molecule has 0 unspecified atom stereocenters. The average molecular weight is 343 g/mol. The van der Waals surface area contributed by atoms with Crippen LogP contribution in [0.2, 0.25) is 0 Å². The van der Waals surface area contributed by atoms with E-state index in [0.29, 0.717) is 22.3 Å². The lowest BCUT2D eigenvalue weighted by Crippen LogP contribution is -2.13. The number of anilines is 1. The van der Waals surface area contributed by atoms with E-state index < -0.39 is 5.76 Å². The molecule has 7 heteroatoms. The van der Waals surface area contributed by atoms with Crippen molar-refractivity contribution in [3.05, 3.63) is 54.3 Å². The Kier molecular flexibility index (Phi) is 6.21. The first kappa shape index (κ1) is 16.8. The molecule has 2 nitrogen and oxygen atoms in total. The summed E-state index contributed by atoms with van der Waals surface area (Å²) >= 11 is 1.74. The van der Waals surface area contributed by atoms with E-state index in [2.05, 4.69) is 5.32 Å². The van der Waals surface area contributed by atoms with Gasteiger partial charge in [0, 0.05) is 15.5 Å². The summed E-state index contributed by atoms with van der Waals surface area (Å²) in [6.45, 7) is 0. The zero-order valence-corrected chi connectivity index (χ0v) is 12.9. The Bertz CT molecular complexity index is 618. The molecule has 0 aliphatic carbocycles. The van der Waals surface area contributed by atoms with E-state index in [4.69, 9.17) is 0 Å². The van der Waals surface area contributed by atoms with Crippen LogP contribution in [0.1, 0.15) is 0 Å². The van der Waals surface area contributed by atoms with Crippen LogP contribution < -0.4 is 5.32 Å². The van der Waals surface area contributed by atoms with Gasteiger partial charge in [0.05, 0.1) is 5.75 Å². The van der Waals surface area contributed by atoms with Crippen LogP contribution in [0.15, 0.2) is 58.3 Å². The number of amides is 1. The summed E-state index contributed by atoms with van der Waals surface area (Å²) < 4.78 is 37.1. The number of carbonyl (C=O) groups excluding carboxylic acids is 1. The van der Waals surface area contributed by atoms with E-state index in [1.54, 1.807) is 24.3 Å². The summed E-state index contributed by atoms with van der Waals surface area (Å²) in [5, 5.41) is 2.67. The Morgan fingerprint density at radius 3 is 2.18 bits per heavy atom. The average Bonchev–Trinajstić information content (AvgIpc) is 2.48. The fraction of sp³-hybridized carbons (Fsp3) is 0.133. The molecule has 0 aliphatic rings. The molecular weight excluding hydrogens is 331 g/mol. The number of hydrogen-bond acceptors (Lipinski definition) is 3. The van der Waals surface area contributed by atoms with Crippen LogP contribution in [0.4, 0.5) is 18.9 Å². The first-order valence-electron chi connectivity index (χ1n) is 6.26. The number of alkyl halides is 2. The Morgan fingerprint density at radius 2 is 1.59 bits per heavy atom. The molecular formula is C15H12F3NOS2. The standard InChI is InChI=1S/C15H12F3NOS2/c16-10-1-5-12(6-2-10)21-9-14(20)19-11-3-7-13(8-4-11)22-15(17)18/h1-8,15H,9H2,(H,19,20). The Hall–Kier alpha value is -1.60. The van der Waals surface area contributed by atoms with E-state index in [9.17, 15) is 18.0 Å². The van der Waals surface area contributed by atoms with Crippen molar-refractivity contribution in [1.82, 2.24) is 0 Å². The minimum atomic E-state index is -2.47. The van der Waals surface area contributed by atoms with Crippen molar-refractivity contribution in [2.45, 2.75) is 15.5 Å². The van der Waals surface area contributed by atoms with Gasteiger partial charge in [-0.25, -0.2) is 4.39 Å². The lowest BCUT2D eigenvalue weighted by molar-refractivity contribution is -0.113. The number of nitrogens with one attached hydrogen (secondary N) is 1. The number of halogens is 3. The van der Waals surface area contributed by atoms with Crippen LogP contribution in [0.3, 0.4) is 0 Å². The minimum Gasteiger partial charge on any atom is -0.325 e. The van der Waals surface area contributed by atoms with Crippen molar-refractivity contribution in [1.29, 1.82) is 0 Å². The highest BCUT2D eigenvalue weighted by molar-refractivity contribution is 8.00. The van der Waals surface area contributed by atoms with E-state index in [1.165, 1.54) is 36.0 Å². The lowest BCUT2D eigenvalue weighted by atomic mass is 10.3. The first-order valence-corrected chi connectivity index (χ1v) is 8.12. The molecule has 0 bridgehead atoms. The van der Waals surface area contributed by atoms with Crippen molar-refractivity contribution in [3.63, 3.8) is 0 Å². The smallest absolute Gasteiger partial charge is 0.288 e. The first-order chi connectivity index (χ1) is 10.5. The molecule has 0 aliphatic heterocycles. The third-order valence-corrected chi connectivity index (χ3v) is 4.28. The third-order valence-electron chi connectivity index (χ3n) is 2.55. The van der Waals surface area contributed by atoms with Crippen molar-refractivity contribution in [2.24, 2.45) is 0 Å². The van der Waals surface area contributed by atoms with Crippen LogP contribution >= 0.6 is 23.5 Å². The monoisotopic (exact) mass is 343 g/mol. The molecule has 0 heterocycles. The molecule has 2 rings (SSSR count). The van der Waals surface area contributed by atoms with Crippen LogP contribution in [0.25, 0.3) is 0 Å². The maximum Gasteiger partial charge on any atom is 0.288 e. The second kappa shape index (κ2) is 8.14. The maximum absolute atomic E-state index is 12.7. The molecule has 2 aromatic carbocycles. The largest absolute Gasteiger partial charge is 0.325 e. The number of benzene rings is 2. The molecule has 1 amide bonds. The van der Waals surface area contributed by atoms with Crippen molar-refractivity contribution >= 4 is 35.1 Å². The quantitative estimate of drug-likeness (QED) is 0.759. The number of hydrogen-bond donors (Lipinski definition) is 1. The van der Waals surface area contributed by atoms with Gasteiger partial charge in [-0.2, -0.15) is 8.78 Å². The molecule has 1 N–H and O–H groups in total. The van der Waals surface area contributed by atoms with E-state index >= 15 is 0 Å². The predicted octanol–water partition coefficient (Wildman–Crippen LogP) is 4.87. The number of carbonyl (C=O) groups is 1. The molecule has 0 spiro atoms. The second-order valence-electron chi connectivity index (χ2n) is 4.19. The normalized spacial score (nSPS) is 10.7. The van der Waals surface area contributed by atoms with Gasteiger partial charge in [-0.1, -0.05) is 11.8 Å². The van der Waals surface area contributed by atoms with Gasteiger partial charge in [0.25, 0.3) is 5.76 Å². The van der Waals surface area contributed by atoms with Gasteiger partial charge in [0.2, 0.25) is 5.91 Å². The van der Waals surface area contributed by atoms with Crippen LogP contribution in [-0.2, 0) is 4.79 Å². The van der Waals surface area contributed by atoms with Gasteiger partial charge in [0.15, 0.2) is 0 Å². The number of thioether (sulfide) groups is 2. The maximum atomic E-state index is 12.7. The van der Waals surface area contributed by atoms with Crippen LogP contribution in [-0.4, -0.2) is 17.4 Å². The van der Waals surface area contributed by atoms with Gasteiger partial charge in [0.1, 0.15) is 5.82 Å². The Morgan fingerprint density at radius 1 is 1.00 bits per heavy atom. The summed E-state index contributed by atoms with van der Waals surface area (Å²) in [6, 6.07) is 12.1. The second-order valence-corrected chi connectivity index (χ2v) is 6.31. The summed E-state index contributed by atoms with van der Waals surface area (Å²) in [7, 11) is 0. The van der Waals surface area contributed by atoms with Gasteiger partial charge in [-0.15, -0.1) is 11.8 Å². The Balaban J connectivity index is 1.82. The lowest BCUT2D eigenvalue weighted by Gasteiger charge is -2.06. The summed E-state index contributed by atoms with van der Waals surface area (Å²) in [6.07, 6.45) is 0. The highest BCUT2D eigenvalue weighted by Gasteiger charge is 2.07. The van der Waals surface area contributed by atoms with Crippen molar-refractivity contribution in [3.8, 4) is 0 Å². The van der Waals surface area contributed by atoms with Crippen LogP contribution in [0.5, 0.6) is 0 Å². The van der Waals surface area contributed by atoms with Crippen molar-refractivity contribution < 1.29 is 18.0 Å². The summed E-state index contributed by atoms with van der Waals surface area (Å²) in [5.74, 6) is -2.83. The molecule has 0 saturated heterocycles. The van der Waals surface area contributed by atoms with Gasteiger partial charge >= 0.3 is 0 Å². The third kappa shape index (κ3) is 5.65. The van der Waals surface area contributed by atoms with E-state index in [-0.39, 0.29) is 17.5 Å². The number of rotatable bonds is 6. The zero-order chi connectivity index (χ0) is 15.9. The molecule has 0 aromatic heterocycles. The summed E-state index contributed by atoms with van der Waals surface area (Å²) in [5.41, 5.74) is 0.545. The highest BCUT2D eigenvalue weighted by atomic mass is 32.2. The fourth-order valence-electron chi connectivity index (χ4n) is 1.60. The summed E-state index contributed by atoms with van der Waals surface area (Å²) in [4.78, 5) is 13.0. The predicted molar refractivity (Wildman–Crippen MR) is 84.1 cm³/mol. The Labute approximate surface area is 134 Å². The molecule has 0 saturated carbocycles. The van der Waals surface area contributed by atoms with Gasteiger partial charge < -0.3 is 5.32 Å². The fourth-order valence-corrected chi connectivity index (χ4v) is 2.79. The topological polar surface area (TPSA) is 29.1 Å². The van der Waals surface area contributed by atoms with Crippen LogP contribution in [0, 0.1) is 5.82 Å². The zero-order valence-electron chi connectivity index (χ0n) is 11.3. The molecule has 2 aromatic rings. The molecule has 0 atom stereocenters. The van der Waals surface area contributed by atoms with E-state index in [1.807, 2.05) is 0 Å². The molecule has 116 valence electrons. The molecule has 0 fully saturated rings. The van der Waals surface area contributed by atoms with Gasteiger partial charge in [-0.05, 0) is 48.5 Å². The molecule has 22 heavy (non-hydrogen) atoms. The SMILES string of the molecule is O=C(CSc1ccc(F)cc1)Nc1ccc(SC(F)F)cc1. The van der Waals surface area contributed by atoms with Gasteiger partial charge in [-0.3, -0.25) is 4.79 Å². The van der Waals surface area contributed by atoms with E-state index in [0.717, 1.165) is 4.90 Å².